The standard InChI is InChI=1S/C26H28F3N3O3/c1-32-25-23(24(31-32)16-7-8-16)21(26(27,28)29)13-22(30-25)35-14-18(33)5-3-4-15-6-9-17-12-19(34-2)10-11-20(15)17/h10-13,15-16H,3-9,14H2,1-2H3. The maximum atomic E-state index is 13.8. The molecule has 5 rings (SSSR count). The molecule has 2 aromatic heterocycles. The molecule has 0 amide bonds. The van der Waals surface area contributed by atoms with E-state index >= 15 is 0 Å². The Labute approximate surface area is 201 Å². The van der Waals surface area contributed by atoms with Gasteiger partial charge in [0.2, 0.25) is 5.88 Å². The summed E-state index contributed by atoms with van der Waals surface area (Å²) in [6.45, 7) is -0.304. The van der Waals surface area contributed by atoms with E-state index in [1.54, 1.807) is 14.2 Å². The van der Waals surface area contributed by atoms with Gasteiger partial charge in [-0.2, -0.15) is 23.3 Å². The second-order valence-electron chi connectivity index (χ2n) is 9.51. The van der Waals surface area contributed by atoms with Crippen LogP contribution in [0.15, 0.2) is 24.3 Å². The third-order valence-electron chi connectivity index (χ3n) is 7.01. The molecule has 0 bridgehead atoms. The number of nitrogens with zero attached hydrogens (tertiary/aromatic N) is 3. The molecule has 1 aromatic carbocycles. The molecule has 0 saturated heterocycles. The highest BCUT2D eigenvalue weighted by Crippen LogP contribution is 2.46. The number of carbonyl (C=O) groups is 1. The first-order valence-corrected chi connectivity index (χ1v) is 12.0. The lowest BCUT2D eigenvalue weighted by molar-refractivity contribution is -0.136. The third kappa shape index (κ3) is 4.86. The summed E-state index contributed by atoms with van der Waals surface area (Å²) in [5.74, 6) is 0.948. The lowest BCUT2D eigenvalue weighted by atomic mass is 9.95. The lowest BCUT2D eigenvalue weighted by Gasteiger charge is -2.13. The number of Topliss-reactive ketones (excluding diaryl/α,β-unsaturated/α-hetero) is 1. The minimum Gasteiger partial charge on any atom is -0.497 e. The van der Waals surface area contributed by atoms with E-state index < -0.39 is 11.7 Å². The van der Waals surface area contributed by atoms with Gasteiger partial charge in [-0.15, -0.1) is 0 Å². The highest BCUT2D eigenvalue weighted by Gasteiger charge is 2.39. The number of halogens is 3. The van der Waals surface area contributed by atoms with Crippen molar-refractivity contribution < 1.29 is 27.4 Å². The number of ketones is 1. The zero-order chi connectivity index (χ0) is 24.7. The molecule has 35 heavy (non-hydrogen) atoms. The summed E-state index contributed by atoms with van der Waals surface area (Å²) in [5, 5.41) is 4.33. The van der Waals surface area contributed by atoms with Gasteiger partial charge in [0.05, 0.1) is 23.8 Å². The molecular formula is C26H28F3N3O3. The Bertz CT molecular complexity index is 1260. The van der Waals surface area contributed by atoms with Crippen LogP contribution < -0.4 is 9.47 Å². The number of hydrogen-bond acceptors (Lipinski definition) is 5. The highest BCUT2D eigenvalue weighted by atomic mass is 19.4. The van der Waals surface area contributed by atoms with Crippen molar-refractivity contribution in [3.8, 4) is 11.6 Å². The number of aromatic nitrogens is 3. The normalized spacial score (nSPS) is 17.6. The van der Waals surface area contributed by atoms with E-state index in [0.717, 1.165) is 43.9 Å². The van der Waals surface area contributed by atoms with Crippen LogP contribution in [0.3, 0.4) is 0 Å². The molecule has 2 aliphatic carbocycles. The summed E-state index contributed by atoms with van der Waals surface area (Å²) >= 11 is 0. The van der Waals surface area contributed by atoms with Crippen molar-refractivity contribution in [1.82, 2.24) is 14.8 Å². The fourth-order valence-corrected chi connectivity index (χ4v) is 5.08. The van der Waals surface area contributed by atoms with Gasteiger partial charge in [-0.1, -0.05) is 6.07 Å². The maximum Gasteiger partial charge on any atom is 0.417 e. The number of benzene rings is 1. The van der Waals surface area contributed by atoms with Gasteiger partial charge in [-0.25, -0.2) is 0 Å². The minimum absolute atomic E-state index is 0.0376. The quantitative estimate of drug-likeness (QED) is 0.386. The zero-order valence-electron chi connectivity index (χ0n) is 19.8. The first-order chi connectivity index (χ1) is 16.7. The summed E-state index contributed by atoms with van der Waals surface area (Å²) in [7, 11) is 3.23. The van der Waals surface area contributed by atoms with E-state index in [1.807, 2.05) is 6.07 Å². The minimum atomic E-state index is -4.57. The molecule has 9 heteroatoms. The Morgan fingerprint density at radius 1 is 1.20 bits per heavy atom. The molecule has 1 fully saturated rings. The SMILES string of the molecule is COc1ccc2c(c1)CCC2CCCC(=O)COc1cc(C(F)(F)F)c2c(C3CC3)nn(C)c2n1. The predicted molar refractivity (Wildman–Crippen MR) is 124 cm³/mol. The van der Waals surface area contributed by atoms with Gasteiger partial charge in [0.25, 0.3) is 0 Å². The van der Waals surface area contributed by atoms with Crippen molar-refractivity contribution in [3.05, 3.63) is 46.6 Å². The second-order valence-corrected chi connectivity index (χ2v) is 9.51. The zero-order valence-corrected chi connectivity index (χ0v) is 19.8. The van der Waals surface area contributed by atoms with Crippen molar-refractivity contribution in [2.24, 2.45) is 7.05 Å². The van der Waals surface area contributed by atoms with Crippen LogP contribution in [0.1, 0.15) is 72.7 Å². The van der Waals surface area contributed by atoms with E-state index in [1.165, 1.54) is 15.8 Å². The van der Waals surface area contributed by atoms with Crippen LogP contribution in [0.5, 0.6) is 11.6 Å². The first kappa shape index (κ1) is 23.6. The number of fused-ring (bicyclic) bond motifs is 2. The van der Waals surface area contributed by atoms with Gasteiger partial charge in [-0.05, 0) is 67.7 Å². The highest BCUT2D eigenvalue weighted by molar-refractivity contribution is 5.85. The summed E-state index contributed by atoms with van der Waals surface area (Å²) in [6, 6.07) is 7.03. The Morgan fingerprint density at radius 2 is 2.00 bits per heavy atom. The van der Waals surface area contributed by atoms with Crippen molar-refractivity contribution in [1.29, 1.82) is 0 Å². The number of alkyl halides is 3. The molecule has 2 heterocycles. The topological polar surface area (TPSA) is 66.2 Å². The van der Waals surface area contributed by atoms with Crippen molar-refractivity contribution in [3.63, 3.8) is 0 Å². The van der Waals surface area contributed by atoms with Crippen LogP contribution >= 0.6 is 0 Å². The molecule has 0 aliphatic heterocycles. The van der Waals surface area contributed by atoms with Crippen LogP contribution in [0.25, 0.3) is 11.0 Å². The van der Waals surface area contributed by atoms with Crippen LogP contribution in [0.2, 0.25) is 0 Å². The van der Waals surface area contributed by atoms with E-state index in [4.69, 9.17) is 9.47 Å². The van der Waals surface area contributed by atoms with Crippen molar-refractivity contribution >= 4 is 16.8 Å². The predicted octanol–water partition coefficient (Wildman–Crippen LogP) is 5.72. The Kier molecular flexibility index (Phi) is 6.19. The van der Waals surface area contributed by atoms with Gasteiger partial charge in [0.15, 0.2) is 11.4 Å². The molecule has 3 aromatic rings. The second kappa shape index (κ2) is 9.17. The first-order valence-electron chi connectivity index (χ1n) is 12.0. The van der Waals surface area contributed by atoms with Crippen LogP contribution in [-0.4, -0.2) is 34.3 Å². The summed E-state index contributed by atoms with van der Waals surface area (Å²) in [6.07, 6.45) is 1.03. The van der Waals surface area contributed by atoms with Crippen LogP contribution in [0, 0.1) is 0 Å². The van der Waals surface area contributed by atoms with Gasteiger partial charge < -0.3 is 9.47 Å². The number of rotatable bonds is 9. The Balaban J connectivity index is 1.21. The van der Waals surface area contributed by atoms with Crippen molar-refractivity contribution in [2.45, 2.75) is 63.0 Å². The van der Waals surface area contributed by atoms with Gasteiger partial charge in [0.1, 0.15) is 12.4 Å². The number of carbonyl (C=O) groups excluding carboxylic acids is 1. The number of methoxy groups -OCH3 is 1. The fourth-order valence-electron chi connectivity index (χ4n) is 5.08. The number of aryl methyl sites for hydroxylation is 2. The molecule has 6 nitrogen and oxygen atoms in total. The molecule has 0 N–H and O–H groups in total. The van der Waals surface area contributed by atoms with Crippen LogP contribution in [-0.2, 0) is 24.4 Å². The lowest BCUT2D eigenvalue weighted by Crippen LogP contribution is -2.14. The fraction of sp³-hybridized carbons (Fsp3) is 0.500. The Morgan fingerprint density at radius 3 is 2.71 bits per heavy atom. The van der Waals surface area contributed by atoms with E-state index in [-0.39, 0.29) is 35.2 Å². The Hall–Kier alpha value is -3.10. The molecule has 1 unspecified atom stereocenters. The molecule has 0 spiro atoms. The van der Waals surface area contributed by atoms with Gasteiger partial charge in [-0.3, -0.25) is 9.48 Å². The molecule has 2 aliphatic rings. The van der Waals surface area contributed by atoms with E-state index in [2.05, 4.69) is 22.2 Å². The molecule has 186 valence electrons. The summed E-state index contributed by atoms with van der Waals surface area (Å²) in [5.41, 5.74) is 2.37. The smallest absolute Gasteiger partial charge is 0.417 e. The van der Waals surface area contributed by atoms with Crippen LogP contribution in [0.4, 0.5) is 13.2 Å². The summed E-state index contributed by atoms with van der Waals surface area (Å²) in [4.78, 5) is 16.7. The summed E-state index contributed by atoms with van der Waals surface area (Å²) < 4.78 is 53.6. The average Bonchev–Trinajstić information content (AvgIpc) is 3.52. The number of pyridine rings is 1. The third-order valence-corrected chi connectivity index (χ3v) is 7.01. The molecule has 1 saturated carbocycles. The number of ether oxygens (including phenoxy) is 2. The average molecular weight is 488 g/mol. The number of hydrogen-bond donors (Lipinski definition) is 0. The monoisotopic (exact) mass is 487 g/mol. The van der Waals surface area contributed by atoms with Crippen molar-refractivity contribution in [2.75, 3.05) is 13.7 Å². The largest absolute Gasteiger partial charge is 0.497 e. The molecular weight excluding hydrogens is 459 g/mol. The van der Waals surface area contributed by atoms with Gasteiger partial charge >= 0.3 is 6.18 Å². The molecule has 0 radical (unpaired) electrons. The van der Waals surface area contributed by atoms with E-state index in [9.17, 15) is 18.0 Å². The molecule has 1 atom stereocenters. The maximum absolute atomic E-state index is 13.8. The van der Waals surface area contributed by atoms with Gasteiger partial charge in [0, 0.05) is 25.5 Å². The van der Waals surface area contributed by atoms with E-state index in [0.29, 0.717) is 24.5 Å².